The zero-order valence-electron chi connectivity index (χ0n) is 8.72. The minimum absolute atomic E-state index is 0.485. The maximum atomic E-state index is 3.39. The smallest absolute Gasteiger partial charge is 0.0465 e. The summed E-state index contributed by atoms with van der Waals surface area (Å²) >= 11 is 0. The Morgan fingerprint density at radius 1 is 1.21 bits per heavy atom. The van der Waals surface area contributed by atoms with E-state index in [0.717, 1.165) is 6.54 Å². The van der Waals surface area contributed by atoms with Gasteiger partial charge in [-0.2, -0.15) is 0 Å². The van der Waals surface area contributed by atoms with Crippen molar-refractivity contribution in [1.82, 2.24) is 10.9 Å². The van der Waals surface area contributed by atoms with Crippen LogP contribution in [0.3, 0.4) is 0 Å². The first kappa shape index (κ1) is 9.69. The number of aryl methyl sites for hydroxylation is 1. The van der Waals surface area contributed by atoms with Gasteiger partial charge in [0.05, 0.1) is 0 Å². The van der Waals surface area contributed by atoms with Gasteiger partial charge < -0.3 is 0 Å². The summed E-state index contributed by atoms with van der Waals surface area (Å²) in [5.41, 5.74) is 9.48. The summed E-state index contributed by atoms with van der Waals surface area (Å²) in [6, 6.07) is 9.11. The van der Waals surface area contributed by atoms with Crippen molar-refractivity contribution < 1.29 is 0 Å². The summed E-state index contributed by atoms with van der Waals surface area (Å²) in [6.45, 7) is 3.27. The molecule has 0 saturated carbocycles. The first-order chi connectivity index (χ1) is 6.88. The van der Waals surface area contributed by atoms with E-state index in [0.29, 0.717) is 6.04 Å². The maximum Gasteiger partial charge on any atom is 0.0465 e. The molecule has 0 bridgehead atoms. The van der Waals surface area contributed by atoms with Crippen LogP contribution < -0.4 is 10.9 Å². The van der Waals surface area contributed by atoms with Gasteiger partial charge in [0.2, 0.25) is 0 Å². The molecule has 1 aromatic carbocycles. The molecule has 2 rings (SSSR count). The number of hydrogen-bond donors (Lipinski definition) is 2. The van der Waals surface area contributed by atoms with E-state index in [-0.39, 0.29) is 0 Å². The summed E-state index contributed by atoms with van der Waals surface area (Å²) in [7, 11) is 0. The van der Waals surface area contributed by atoms with Gasteiger partial charge in [0.15, 0.2) is 0 Å². The number of nitrogens with one attached hydrogen (secondary N) is 2. The summed E-state index contributed by atoms with van der Waals surface area (Å²) in [5, 5.41) is 0. The molecule has 76 valence electrons. The van der Waals surface area contributed by atoms with E-state index >= 15 is 0 Å². The highest BCUT2D eigenvalue weighted by molar-refractivity contribution is 5.28. The summed E-state index contributed by atoms with van der Waals surface area (Å²) in [4.78, 5) is 0. The summed E-state index contributed by atoms with van der Waals surface area (Å²) in [6.07, 6.45) is 3.81. The van der Waals surface area contributed by atoms with E-state index < -0.39 is 0 Å². The predicted molar refractivity (Wildman–Crippen MR) is 58.9 cm³/mol. The lowest BCUT2D eigenvalue weighted by atomic mass is 9.98. The van der Waals surface area contributed by atoms with Gasteiger partial charge in [-0.15, -0.1) is 0 Å². The first-order valence-corrected chi connectivity index (χ1v) is 5.42. The fraction of sp³-hybridized carbons (Fsp3) is 0.500. The quantitative estimate of drug-likeness (QED) is 0.710. The lowest BCUT2D eigenvalue weighted by Crippen LogP contribution is -2.34. The third-order valence-electron chi connectivity index (χ3n) is 2.88. The Morgan fingerprint density at radius 2 is 2.07 bits per heavy atom. The minimum atomic E-state index is 0.485. The van der Waals surface area contributed by atoms with Crippen LogP contribution in [0.15, 0.2) is 24.3 Å². The maximum absolute atomic E-state index is 3.39. The molecule has 1 atom stereocenters. The van der Waals surface area contributed by atoms with Gasteiger partial charge in [-0.25, -0.2) is 0 Å². The van der Waals surface area contributed by atoms with Gasteiger partial charge in [0.25, 0.3) is 0 Å². The molecule has 2 N–H and O–H groups in total. The van der Waals surface area contributed by atoms with Crippen LogP contribution in [-0.2, 0) is 0 Å². The number of rotatable bonds is 1. The molecule has 0 aliphatic carbocycles. The second-order valence-electron chi connectivity index (χ2n) is 3.98. The molecular weight excluding hydrogens is 172 g/mol. The molecule has 1 fully saturated rings. The lowest BCUT2D eigenvalue weighted by molar-refractivity contribution is 0.461. The molecule has 1 aliphatic heterocycles. The minimum Gasteiger partial charge on any atom is -0.257 e. The topological polar surface area (TPSA) is 24.1 Å². The molecule has 2 nitrogen and oxygen atoms in total. The number of hydrazine groups is 1. The van der Waals surface area contributed by atoms with Crippen LogP contribution >= 0.6 is 0 Å². The number of hydrogen-bond acceptors (Lipinski definition) is 2. The van der Waals surface area contributed by atoms with Crippen molar-refractivity contribution in [3.8, 4) is 0 Å². The third-order valence-corrected chi connectivity index (χ3v) is 2.88. The molecule has 1 heterocycles. The van der Waals surface area contributed by atoms with Gasteiger partial charge in [0.1, 0.15) is 0 Å². The Kier molecular flexibility index (Phi) is 3.17. The Bertz CT molecular complexity index is 288. The zero-order chi connectivity index (χ0) is 9.80. The van der Waals surface area contributed by atoms with E-state index in [2.05, 4.69) is 42.0 Å². The fourth-order valence-corrected chi connectivity index (χ4v) is 2.04. The summed E-state index contributed by atoms with van der Waals surface area (Å²) < 4.78 is 0. The normalized spacial score (nSPS) is 23.1. The van der Waals surface area contributed by atoms with Gasteiger partial charge in [-0.3, -0.25) is 10.9 Å². The molecule has 1 aliphatic rings. The van der Waals surface area contributed by atoms with Crippen molar-refractivity contribution in [3.05, 3.63) is 35.4 Å². The van der Waals surface area contributed by atoms with Crippen molar-refractivity contribution in [2.75, 3.05) is 6.54 Å². The van der Waals surface area contributed by atoms with Crippen LogP contribution in [0.25, 0.3) is 0 Å². The molecule has 14 heavy (non-hydrogen) atoms. The second-order valence-corrected chi connectivity index (χ2v) is 3.98. The SMILES string of the molecule is Cc1ccccc1C1CCCCNN1. The van der Waals surface area contributed by atoms with Gasteiger partial charge in [-0.05, 0) is 30.9 Å². The van der Waals surface area contributed by atoms with Crippen molar-refractivity contribution in [3.63, 3.8) is 0 Å². The molecule has 1 unspecified atom stereocenters. The van der Waals surface area contributed by atoms with E-state index in [1.807, 2.05) is 0 Å². The van der Waals surface area contributed by atoms with Crippen LogP contribution in [-0.4, -0.2) is 6.54 Å². The number of benzene rings is 1. The van der Waals surface area contributed by atoms with E-state index in [1.54, 1.807) is 0 Å². The van der Waals surface area contributed by atoms with Gasteiger partial charge in [0, 0.05) is 12.6 Å². The first-order valence-electron chi connectivity index (χ1n) is 5.42. The lowest BCUT2D eigenvalue weighted by Gasteiger charge is -2.18. The highest BCUT2D eigenvalue weighted by atomic mass is 15.4. The highest BCUT2D eigenvalue weighted by Gasteiger charge is 2.14. The van der Waals surface area contributed by atoms with Crippen LogP contribution in [0.1, 0.15) is 36.4 Å². The monoisotopic (exact) mass is 190 g/mol. The molecular formula is C12H18N2. The van der Waals surface area contributed by atoms with E-state index in [9.17, 15) is 0 Å². The predicted octanol–water partition coefficient (Wildman–Crippen LogP) is 2.31. The molecule has 1 saturated heterocycles. The standard InChI is InChI=1S/C12H18N2/c1-10-6-2-3-7-11(10)12-8-4-5-9-13-14-12/h2-3,6-7,12-14H,4-5,8-9H2,1H3. The van der Waals surface area contributed by atoms with E-state index in [1.165, 1.54) is 30.4 Å². The zero-order valence-corrected chi connectivity index (χ0v) is 8.72. The molecule has 0 amide bonds. The molecule has 2 heteroatoms. The molecule has 0 aromatic heterocycles. The fourth-order valence-electron chi connectivity index (χ4n) is 2.04. The van der Waals surface area contributed by atoms with Crippen LogP contribution in [0.5, 0.6) is 0 Å². The highest BCUT2D eigenvalue weighted by Crippen LogP contribution is 2.22. The second kappa shape index (κ2) is 4.58. The summed E-state index contributed by atoms with van der Waals surface area (Å²) in [5.74, 6) is 0. The Balaban J connectivity index is 2.16. The van der Waals surface area contributed by atoms with E-state index in [4.69, 9.17) is 0 Å². The largest absolute Gasteiger partial charge is 0.257 e. The van der Waals surface area contributed by atoms with Crippen molar-refractivity contribution in [1.29, 1.82) is 0 Å². The average Bonchev–Trinajstić information content (AvgIpc) is 2.47. The Morgan fingerprint density at radius 3 is 2.93 bits per heavy atom. The Labute approximate surface area is 85.7 Å². The van der Waals surface area contributed by atoms with Crippen LogP contribution in [0, 0.1) is 6.92 Å². The third kappa shape index (κ3) is 2.14. The van der Waals surface area contributed by atoms with Crippen molar-refractivity contribution in [2.45, 2.75) is 32.2 Å². The molecule has 0 radical (unpaired) electrons. The molecule has 0 spiro atoms. The molecule has 1 aromatic rings. The van der Waals surface area contributed by atoms with Crippen LogP contribution in [0.4, 0.5) is 0 Å². The van der Waals surface area contributed by atoms with Crippen LogP contribution in [0.2, 0.25) is 0 Å². The van der Waals surface area contributed by atoms with Gasteiger partial charge in [-0.1, -0.05) is 30.7 Å². The average molecular weight is 190 g/mol. The van der Waals surface area contributed by atoms with Gasteiger partial charge >= 0.3 is 0 Å². The van der Waals surface area contributed by atoms with Crippen molar-refractivity contribution >= 4 is 0 Å². The Hall–Kier alpha value is -0.860. The van der Waals surface area contributed by atoms with Crippen molar-refractivity contribution in [2.24, 2.45) is 0 Å².